The number of hydrogen-bond donors (Lipinski definition) is 1. The molecule has 1 unspecified atom stereocenters. The Hall–Kier alpha value is -0.470. The molecule has 2 N–H and O–H groups in total. The molecule has 0 spiro atoms. The Morgan fingerprint density at radius 2 is 1.65 bits per heavy atom. The Morgan fingerprint density at radius 3 is 2.00 bits per heavy atom. The van der Waals surface area contributed by atoms with Gasteiger partial charge >= 0.3 is 0 Å². The first-order chi connectivity index (χ1) is 7.84. The van der Waals surface area contributed by atoms with E-state index >= 15 is 0 Å². The van der Waals surface area contributed by atoms with Crippen molar-refractivity contribution in [3.8, 4) is 0 Å². The molecule has 1 atom stereocenters. The van der Waals surface area contributed by atoms with E-state index in [-0.39, 0.29) is 5.41 Å². The van der Waals surface area contributed by atoms with Crippen LogP contribution in [-0.4, -0.2) is 11.8 Å². The Kier molecular flexibility index (Phi) is 5.08. The van der Waals surface area contributed by atoms with Crippen molar-refractivity contribution in [2.24, 2.45) is 11.7 Å². The van der Waals surface area contributed by atoms with Crippen LogP contribution in [0.5, 0.6) is 0 Å². The van der Waals surface area contributed by atoms with E-state index in [4.69, 9.17) is 5.73 Å². The van der Waals surface area contributed by atoms with Crippen LogP contribution in [0.25, 0.3) is 0 Å². The van der Waals surface area contributed by atoms with Crippen LogP contribution >= 0.6 is 11.8 Å². The summed E-state index contributed by atoms with van der Waals surface area (Å²) >= 11 is 1.89. The minimum Gasteiger partial charge on any atom is -0.329 e. The molecule has 2 heteroatoms. The summed E-state index contributed by atoms with van der Waals surface area (Å²) in [5, 5.41) is 0.510. The van der Waals surface area contributed by atoms with Crippen LogP contribution in [0.2, 0.25) is 0 Å². The number of nitrogens with two attached hydrogens (primary N) is 1. The van der Waals surface area contributed by atoms with E-state index in [1.165, 1.54) is 10.5 Å². The highest BCUT2D eigenvalue weighted by Crippen LogP contribution is 2.30. The van der Waals surface area contributed by atoms with Crippen LogP contribution in [0.4, 0.5) is 0 Å². The minimum atomic E-state index is 0.231. The van der Waals surface area contributed by atoms with Gasteiger partial charge in [0.05, 0.1) is 0 Å². The maximum Gasteiger partial charge on any atom is 0.0240 e. The first kappa shape index (κ1) is 14.6. The van der Waals surface area contributed by atoms with Crippen molar-refractivity contribution in [2.75, 3.05) is 6.54 Å². The fourth-order valence-electron chi connectivity index (χ4n) is 1.66. The van der Waals surface area contributed by atoms with E-state index in [9.17, 15) is 0 Å². The van der Waals surface area contributed by atoms with Crippen molar-refractivity contribution in [1.29, 1.82) is 0 Å². The zero-order valence-corrected chi connectivity index (χ0v) is 12.5. The lowest BCUT2D eigenvalue weighted by atomic mass is 9.87. The molecule has 0 saturated carbocycles. The van der Waals surface area contributed by atoms with Crippen LogP contribution in [0.3, 0.4) is 0 Å². The second-order valence-corrected chi connectivity index (χ2v) is 7.22. The molecule has 17 heavy (non-hydrogen) atoms. The smallest absolute Gasteiger partial charge is 0.0240 e. The van der Waals surface area contributed by atoms with Gasteiger partial charge in [-0.3, -0.25) is 0 Å². The van der Waals surface area contributed by atoms with Crippen molar-refractivity contribution in [3.05, 3.63) is 29.8 Å². The number of thioether (sulfide) groups is 1. The van der Waals surface area contributed by atoms with Gasteiger partial charge in [0.15, 0.2) is 0 Å². The lowest BCUT2D eigenvalue weighted by Crippen LogP contribution is -2.22. The summed E-state index contributed by atoms with van der Waals surface area (Å²) in [7, 11) is 0. The van der Waals surface area contributed by atoms with E-state index in [2.05, 4.69) is 58.9 Å². The second-order valence-electron chi connectivity index (χ2n) is 5.91. The van der Waals surface area contributed by atoms with Gasteiger partial charge in [-0.15, -0.1) is 11.8 Å². The normalized spacial score (nSPS) is 14.1. The third kappa shape index (κ3) is 4.36. The molecule has 1 nitrogen and oxygen atoms in total. The van der Waals surface area contributed by atoms with E-state index < -0.39 is 0 Å². The van der Waals surface area contributed by atoms with E-state index in [0.717, 1.165) is 6.54 Å². The topological polar surface area (TPSA) is 26.0 Å². The molecule has 0 radical (unpaired) electrons. The fourth-order valence-corrected chi connectivity index (χ4v) is 2.68. The average molecular weight is 251 g/mol. The predicted octanol–water partition coefficient (Wildman–Crippen LogP) is 4.06. The van der Waals surface area contributed by atoms with Crippen LogP contribution < -0.4 is 5.73 Å². The van der Waals surface area contributed by atoms with Crippen LogP contribution in [0, 0.1) is 5.92 Å². The van der Waals surface area contributed by atoms with Gasteiger partial charge in [-0.2, -0.15) is 0 Å². The number of hydrogen-bond acceptors (Lipinski definition) is 2. The van der Waals surface area contributed by atoms with Gasteiger partial charge in [0.1, 0.15) is 0 Å². The first-order valence-corrected chi connectivity index (χ1v) is 7.20. The molecule has 1 rings (SSSR count). The quantitative estimate of drug-likeness (QED) is 0.817. The Labute approximate surface area is 110 Å². The van der Waals surface area contributed by atoms with Gasteiger partial charge < -0.3 is 5.73 Å². The summed E-state index contributed by atoms with van der Waals surface area (Å²) in [5.41, 5.74) is 7.42. The average Bonchev–Trinajstić information content (AvgIpc) is 2.25. The van der Waals surface area contributed by atoms with Crippen LogP contribution in [0.1, 0.15) is 40.2 Å². The summed E-state index contributed by atoms with van der Waals surface area (Å²) < 4.78 is 0. The lowest BCUT2D eigenvalue weighted by Gasteiger charge is -2.21. The molecular formula is C15H25NS. The van der Waals surface area contributed by atoms with Crippen LogP contribution in [-0.2, 0) is 5.41 Å². The van der Waals surface area contributed by atoms with Crippen molar-refractivity contribution < 1.29 is 0 Å². The highest BCUT2D eigenvalue weighted by molar-refractivity contribution is 8.00. The van der Waals surface area contributed by atoms with E-state index in [0.29, 0.717) is 11.2 Å². The molecule has 0 amide bonds. The Bertz CT molecular complexity index is 335. The first-order valence-electron chi connectivity index (χ1n) is 6.32. The highest BCUT2D eigenvalue weighted by Gasteiger charge is 2.15. The summed E-state index contributed by atoms with van der Waals surface area (Å²) in [6, 6.07) is 8.90. The van der Waals surface area contributed by atoms with Crippen LogP contribution in [0.15, 0.2) is 29.2 Å². The number of benzene rings is 1. The van der Waals surface area contributed by atoms with Crippen molar-refractivity contribution in [3.63, 3.8) is 0 Å². The SMILES string of the molecule is CC(C)C(CN)Sc1ccc(C(C)(C)C)cc1. The molecule has 96 valence electrons. The molecule has 0 aliphatic carbocycles. The highest BCUT2D eigenvalue weighted by atomic mass is 32.2. The maximum absolute atomic E-state index is 5.80. The largest absolute Gasteiger partial charge is 0.329 e. The van der Waals surface area contributed by atoms with Gasteiger partial charge in [-0.05, 0) is 29.0 Å². The summed E-state index contributed by atoms with van der Waals surface area (Å²) in [5.74, 6) is 0.618. The molecule has 0 bridgehead atoms. The third-order valence-electron chi connectivity index (χ3n) is 2.98. The molecule has 0 saturated heterocycles. The zero-order chi connectivity index (χ0) is 13.1. The summed E-state index contributed by atoms with van der Waals surface area (Å²) in [6.45, 7) is 11.9. The Balaban J connectivity index is 2.75. The molecule has 0 aliphatic rings. The molecule has 1 aromatic rings. The maximum atomic E-state index is 5.80. The monoisotopic (exact) mass is 251 g/mol. The molecule has 0 fully saturated rings. The number of rotatable bonds is 4. The van der Waals surface area contributed by atoms with Gasteiger partial charge in [0, 0.05) is 16.7 Å². The van der Waals surface area contributed by atoms with Gasteiger partial charge in [0.25, 0.3) is 0 Å². The van der Waals surface area contributed by atoms with E-state index in [1.807, 2.05) is 11.8 Å². The van der Waals surface area contributed by atoms with E-state index in [1.54, 1.807) is 0 Å². The second kappa shape index (κ2) is 5.92. The Morgan fingerprint density at radius 1 is 1.12 bits per heavy atom. The predicted molar refractivity (Wildman–Crippen MR) is 78.7 cm³/mol. The van der Waals surface area contributed by atoms with Gasteiger partial charge in [-0.1, -0.05) is 46.8 Å². The molecule has 0 aromatic heterocycles. The third-order valence-corrected chi connectivity index (χ3v) is 4.57. The molecule has 0 aliphatic heterocycles. The zero-order valence-electron chi connectivity index (χ0n) is 11.7. The van der Waals surface area contributed by atoms with Gasteiger partial charge in [0.2, 0.25) is 0 Å². The standard InChI is InChI=1S/C15H25NS/c1-11(2)14(10-16)17-13-8-6-12(7-9-13)15(3,4)5/h6-9,11,14H,10,16H2,1-5H3. The van der Waals surface area contributed by atoms with Crippen molar-refractivity contribution in [1.82, 2.24) is 0 Å². The minimum absolute atomic E-state index is 0.231. The summed E-state index contributed by atoms with van der Waals surface area (Å²) in [4.78, 5) is 1.32. The fraction of sp³-hybridized carbons (Fsp3) is 0.600. The summed E-state index contributed by atoms with van der Waals surface area (Å²) in [6.07, 6.45) is 0. The molecule has 0 heterocycles. The van der Waals surface area contributed by atoms with Crippen molar-refractivity contribution >= 4 is 11.8 Å². The molecular weight excluding hydrogens is 226 g/mol. The van der Waals surface area contributed by atoms with Gasteiger partial charge in [-0.25, -0.2) is 0 Å². The van der Waals surface area contributed by atoms with Crippen molar-refractivity contribution in [2.45, 2.75) is 50.2 Å². The lowest BCUT2D eigenvalue weighted by molar-refractivity contribution is 0.589. The molecule has 1 aromatic carbocycles.